The minimum Gasteiger partial charge on any atom is -0.495 e. The number of fused-ring (bicyclic) bond motifs is 1. The molecule has 16 nitrogen and oxygen atoms in total. The highest BCUT2D eigenvalue weighted by atomic mass is 35.5. The van der Waals surface area contributed by atoms with Crippen LogP contribution in [0, 0.1) is 10.1 Å². The first kappa shape index (κ1) is 37.6. The fourth-order valence-electron chi connectivity index (χ4n) is 6.25. The molecule has 4 heterocycles. The highest BCUT2D eigenvalue weighted by molar-refractivity contribution is 6.42. The van der Waals surface area contributed by atoms with E-state index in [0.29, 0.717) is 78.0 Å². The Balaban J connectivity index is 1.34. The van der Waals surface area contributed by atoms with Crippen LogP contribution in [0.2, 0.25) is 10.0 Å². The van der Waals surface area contributed by atoms with Crippen molar-refractivity contribution in [3.63, 3.8) is 0 Å². The Hall–Kier alpha value is -4.67. The first-order valence-corrected chi connectivity index (χ1v) is 17.2. The normalized spacial score (nSPS) is 15.5. The number of methoxy groups -OCH3 is 2. The Bertz CT molecular complexity index is 1810. The first-order valence-electron chi connectivity index (χ1n) is 16.4. The summed E-state index contributed by atoms with van der Waals surface area (Å²) in [5.41, 5.74) is 1.44. The van der Waals surface area contributed by atoms with Gasteiger partial charge >= 0.3 is 11.8 Å². The molecule has 0 radical (unpaired) electrons. The summed E-state index contributed by atoms with van der Waals surface area (Å²) >= 11 is 13.5. The number of aryl methyl sites for hydroxylation is 1. The monoisotopic (exact) mass is 745 g/mol. The van der Waals surface area contributed by atoms with Gasteiger partial charge in [0.25, 0.3) is 0 Å². The number of halogens is 2. The van der Waals surface area contributed by atoms with E-state index in [1.807, 2.05) is 27.9 Å². The van der Waals surface area contributed by atoms with Gasteiger partial charge in [-0.2, -0.15) is 4.98 Å². The Kier molecular flexibility index (Phi) is 11.3. The van der Waals surface area contributed by atoms with Crippen LogP contribution in [0.25, 0.3) is 0 Å². The lowest BCUT2D eigenvalue weighted by Gasteiger charge is -2.43. The second-order valence-electron chi connectivity index (χ2n) is 13.5. The van der Waals surface area contributed by atoms with Crippen molar-refractivity contribution >= 4 is 58.4 Å². The molecular weight excluding hydrogens is 703 g/mol. The van der Waals surface area contributed by atoms with Crippen LogP contribution in [-0.4, -0.2) is 106 Å². The van der Waals surface area contributed by atoms with E-state index in [-0.39, 0.29) is 52.1 Å². The number of nitro groups is 1. The number of ether oxygens (including phenoxy) is 2. The number of quaternary nitrogens is 1. The molecule has 3 amide bonds. The molecule has 51 heavy (non-hydrogen) atoms. The van der Waals surface area contributed by atoms with E-state index in [1.165, 1.54) is 25.4 Å². The van der Waals surface area contributed by atoms with Crippen LogP contribution >= 0.6 is 23.2 Å². The third-order valence-corrected chi connectivity index (χ3v) is 9.59. The maximum absolute atomic E-state index is 14.5. The van der Waals surface area contributed by atoms with Gasteiger partial charge < -0.3 is 38.9 Å². The number of urea groups is 1. The van der Waals surface area contributed by atoms with Gasteiger partial charge in [0, 0.05) is 56.1 Å². The topological polar surface area (TPSA) is 161 Å². The number of benzene rings is 1. The lowest BCUT2D eigenvalue weighted by molar-refractivity contribution is -0.898. The van der Waals surface area contributed by atoms with Crippen molar-refractivity contribution in [1.82, 2.24) is 24.4 Å². The second-order valence-corrected chi connectivity index (χ2v) is 14.2. The van der Waals surface area contributed by atoms with Gasteiger partial charge in [-0.25, -0.2) is 9.78 Å². The fraction of sp³-hybridized carbons (Fsp3) is 0.485. The molecule has 1 N–H and O–H groups in total. The Morgan fingerprint density at radius 2 is 1.80 bits per heavy atom. The third kappa shape index (κ3) is 7.97. The molecule has 2 aromatic heterocycles. The first-order chi connectivity index (χ1) is 24.1. The van der Waals surface area contributed by atoms with Crippen molar-refractivity contribution in [1.29, 1.82) is 0 Å². The Morgan fingerprint density at radius 3 is 2.39 bits per heavy atom. The number of anilines is 3. The molecule has 0 unspecified atom stereocenters. The van der Waals surface area contributed by atoms with Crippen molar-refractivity contribution in [2.75, 3.05) is 63.1 Å². The number of aromatic nitrogens is 4. The molecule has 2 aliphatic rings. The quantitative estimate of drug-likeness (QED) is 0.115. The van der Waals surface area contributed by atoms with E-state index in [0.717, 1.165) is 0 Å². The van der Waals surface area contributed by atoms with Crippen molar-refractivity contribution in [3.8, 4) is 11.5 Å². The summed E-state index contributed by atoms with van der Waals surface area (Å²) in [7, 11) is 8.52. The van der Waals surface area contributed by atoms with Gasteiger partial charge in [0.2, 0.25) is 18.2 Å². The average molecular weight is 747 g/mol. The standard InChI is InChI=1S/C33H43Cl2N10O6/c1-20(2)38-32-36-16-21-17-42(29-27(34)24(50-6)15-25(51-7)28(29)35)33(47)43(30(21)39-32)22-10-12-41(13-11-22)26(46)9-8-14-45(4,5)18-23-31(44(48)49)37-19-40(23)3/h8-9,15-16,19-20,22H,10-14,17-18H2,1-7H3,(H,36,38,39)/q+1/b9-8+. The van der Waals surface area contributed by atoms with Gasteiger partial charge in [0.1, 0.15) is 33.9 Å². The number of hydrogen-bond acceptors (Lipinski definition) is 10. The molecule has 3 aromatic rings. The summed E-state index contributed by atoms with van der Waals surface area (Å²) in [6.45, 7) is 5.69. The lowest BCUT2D eigenvalue weighted by Crippen LogP contribution is -2.55. The van der Waals surface area contributed by atoms with Gasteiger partial charge in [-0.05, 0) is 42.7 Å². The van der Waals surface area contributed by atoms with Crippen LogP contribution in [0.1, 0.15) is 37.9 Å². The van der Waals surface area contributed by atoms with Crippen LogP contribution in [0.3, 0.4) is 0 Å². The number of carbonyl (C=O) groups is 2. The SMILES string of the molecule is COc1cc(OC)c(Cl)c(N2Cc3cnc(NC(C)C)nc3N(C3CCN(C(=O)/C=C/C[N+](C)(C)Cc4c([N+](=O)[O-])ncn4C)CC3)C2=O)c1Cl. The number of amides is 3. The number of likely N-dealkylation sites (N-methyl/N-ethyl adjacent to an activating group) is 1. The molecule has 0 aliphatic carbocycles. The van der Waals surface area contributed by atoms with E-state index in [2.05, 4.69) is 15.3 Å². The Morgan fingerprint density at radius 1 is 1.16 bits per heavy atom. The van der Waals surface area contributed by atoms with E-state index in [1.54, 1.807) is 45.8 Å². The summed E-state index contributed by atoms with van der Waals surface area (Å²) in [6, 6.07) is 0.947. The van der Waals surface area contributed by atoms with E-state index in [4.69, 9.17) is 37.7 Å². The predicted molar refractivity (Wildman–Crippen MR) is 194 cm³/mol. The molecule has 0 spiro atoms. The maximum Gasteiger partial charge on any atom is 0.390 e. The van der Waals surface area contributed by atoms with Crippen LogP contribution in [-0.2, 0) is 24.9 Å². The zero-order valence-electron chi connectivity index (χ0n) is 29.7. The van der Waals surface area contributed by atoms with Crippen LogP contribution in [0.4, 0.5) is 28.1 Å². The molecule has 18 heteroatoms. The minimum atomic E-state index is -0.486. The lowest BCUT2D eigenvalue weighted by atomic mass is 10.0. The number of hydrogen-bond donors (Lipinski definition) is 1. The highest BCUT2D eigenvalue weighted by Gasteiger charge is 2.41. The van der Waals surface area contributed by atoms with Gasteiger partial charge in [-0.1, -0.05) is 23.2 Å². The maximum atomic E-state index is 14.5. The molecular formula is C33H43Cl2N10O6+. The minimum absolute atomic E-state index is 0.0644. The van der Waals surface area contributed by atoms with E-state index < -0.39 is 4.92 Å². The molecule has 0 saturated carbocycles. The summed E-state index contributed by atoms with van der Waals surface area (Å²) < 4.78 is 13.0. The molecule has 274 valence electrons. The van der Waals surface area contributed by atoms with Crippen molar-refractivity contribution < 1.29 is 28.5 Å². The predicted octanol–water partition coefficient (Wildman–Crippen LogP) is 5.03. The largest absolute Gasteiger partial charge is 0.495 e. The number of likely N-dealkylation sites (tertiary alicyclic amines) is 1. The van der Waals surface area contributed by atoms with Gasteiger partial charge in [-0.3, -0.25) is 14.6 Å². The number of imidazole rings is 1. The highest BCUT2D eigenvalue weighted by Crippen LogP contribution is 2.48. The number of nitrogens with one attached hydrogen (secondary N) is 1. The number of nitrogens with zero attached hydrogens (tertiary/aromatic N) is 9. The number of piperidine rings is 1. The molecule has 1 fully saturated rings. The van der Waals surface area contributed by atoms with Crippen molar-refractivity contribution in [2.45, 2.75) is 51.9 Å². The number of rotatable bonds is 12. The molecule has 2 aliphatic heterocycles. The van der Waals surface area contributed by atoms with Crippen molar-refractivity contribution in [3.05, 3.63) is 62.2 Å². The molecule has 0 bridgehead atoms. The second kappa shape index (κ2) is 15.3. The summed E-state index contributed by atoms with van der Waals surface area (Å²) in [5, 5.41) is 14.9. The summed E-state index contributed by atoms with van der Waals surface area (Å²) in [4.78, 5) is 56.8. The van der Waals surface area contributed by atoms with Crippen LogP contribution in [0.5, 0.6) is 11.5 Å². The molecule has 0 atom stereocenters. The van der Waals surface area contributed by atoms with Gasteiger partial charge in [0.15, 0.2) is 5.69 Å². The molecule has 1 saturated heterocycles. The smallest absolute Gasteiger partial charge is 0.390 e. The zero-order chi connectivity index (χ0) is 37.2. The molecule has 5 rings (SSSR count). The average Bonchev–Trinajstić information content (AvgIpc) is 3.44. The zero-order valence-corrected chi connectivity index (χ0v) is 31.2. The fourth-order valence-corrected chi connectivity index (χ4v) is 6.96. The van der Waals surface area contributed by atoms with E-state index >= 15 is 0 Å². The Labute approximate surface area is 306 Å². The summed E-state index contributed by atoms with van der Waals surface area (Å²) in [6.07, 6.45) is 7.43. The van der Waals surface area contributed by atoms with Gasteiger partial charge in [0.05, 0.1) is 47.1 Å². The summed E-state index contributed by atoms with van der Waals surface area (Å²) in [5.74, 6) is 1.15. The van der Waals surface area contributed by atoms with Crippen LogP contribution < -0.4 is 24.6 Å². The third-order valence-electron chi connectivity index (χ3n) is 8.86. The number of carbonyl (C=O) groups excluding carboxylic acids is 2. The van der Waals surface area contributed by atoms with E-state index in [9.17, 15) is 19.7 Å². The van der Waals surface area contributed by atoms with Crippen LogP contribution in [0.15, 0.2) is 30.7 Å². The van der Waals surface area contributed by atoms with Crippen molar-refractivity contribution in [2.24, 2.45) is 7.05 Å². The van der Waals surface area contributed by atoms with Gasteiger partial charge in [-0.15, -0.1) is 0 Å². The molecule has 1 aromatic carbocycles.